The minimum absolute atomic E-state index is 0.441. The van der Waals surface area contributed by atoms with Gasteiger partial charge in [0.15, 0.2) is 0 Å². The summed E-state index contributed by atoms with van der Waals surface area (Å²) < 4.78 is 2.43. The average Bonchev–Trinajstić information content (AvgIpc) is 3.60. The minimum atomic E-state index is 0.441. The molecule has 1 heterocycles. The highest BCUT2D eigenvalue weighted by Crippen LogP contribution is 2.43. The van der Waals surface area contributed by atoms with Crippen molar-refractivity contribution in [1.82, 2.24) is 4.57 Å². The molecule has 0 spiro atoms. The van der Waals surface area contributed by atoms with Crippen molar-refractivity contribution in [3.63, 3.8) is 0 Å². The second kappa shape index (κ2) is 15.2. The van der Waals surface area contributed by atoms with Gasteiger partial charge in [-0.1, -0.05) is 129 Å². The Kier molecular flexibility index (Phi) is 9.27. The molecule has 1 unspecified atom stereocenters. The summed E-state index contributed by atoms with van der Waals surface area (Å²) in [6, 6.07) is 62.2. The number of hydrogen-bond donors (Lipinski definition) is 0. The molecule has 0 bridgehead atoms. The van der Waals surface area contributed by atoms with Crippen molar-refractivity contribution < 1.29 is 0 Å². The highest BCUT2D eigenvalue weighted by atomic mass is 15.2. The molecule has 284 valence electrons. The van der Waals surface area contributed by atoms with Crippen molar-refractivity contribution >= 4 is 83.9 Å². The third kappa shape index (κ3) is 6.61. The highest BCUT2D eigenvalue weighted by molar-refractivity contribution is 6.12. The number of allylic oxidation sites excluding steroid dienone is 5. The van der Waals surface area contributed by atoms with Gasteiger partial charge in [-0.3, -0.25) is 0 Å². The molecule has 3 heteroatoms. The number of rotatable bonds is 9. The summed E-state index contributed by atoms with van der Waals surface area (Å²) in [6.07, 6.45) is 13.9. The Labute approximate surface area is 346 Å². The first kappa shape index (κ1) is 36.0. The van der Waals surface area contributed by atoms with E-state index in [9.17, 15) is 0 Å². The second-order valence-corrected chi connectivity index (χ2v) is 15.5. The normalized spacial score (nSPS) is 14.1. The third-order valence-electron chi connectivity index (χ3n) is 11.7. The van der Waals surface area contributed by atoms with Crippen LogP contribution in [-0.4, -0.2) is 4.57 Å². The highest BCUT2D eigenvalue weighted by Gasteiger charge is 2.22. The van der Waals surface area contributed by atoms with Crippen molar-refractivity contribution in [3.05, 3.63) is 218 Å². The molecule has 1 atom stereocenters. The summed E-state index contributed by atoms with van der Waals surface area (Å²) in [4.78, 5) is 4.82. The zero-order valence-corrected chi connectivity index (χ0v) is 33.5. The quantitative estimate of drug-likeness (QED) is 0.145. The minimum Gasteiger partial charge on any atom is -0.314 e. The van der Waals surface area contributed by atoms with Gasteiger partial charge in [-0.25, -0.2) is 0 Å². The van der Waals surface area contributed by atoms with Crippen LogP contribution in [0.25, 0.3) is 61.2 Å². The lowest BCUT2D eigenvalue weighted by Gasteiger charge is -2.31. The van der Waals surface area contributed by atoms with E-state index < -0.39 is 0 Å². The molecule has 3 nitrogen and oxygen atoms in total. The zero-order valence-electron chi connectivity index (χ0n) is 33.5. The Morgan fingerprint density at radius 1 is 0.542 bits per heavy atom. The van der Waals surface area contributed by atoms with Crippen molar-refractivity contribution in [2.75, 3.05) is 9.80 Å². The van der Waals surface area contributed by atoms with E-state index in [-0.39, 0.29) is 0 Å². The van der Waals surface area contributed by atoms with Gasteiger partial charge in [0.05, 0.1) is 11.0 Å². The van der Waals surface area contributed by atoms with E-state index >= 15 is 0 Å². The monoisotopic (exact) mass is 759 g/mol. The van der Waals surface area contributed by atoms with Crippen LogP contribution in [0.4, 0.5) is 28.4 Å². The van der Waals surface area contributed by atoms with Gasteiger partial charge in [0.2, 0.25) is 0 Å². The Hall–Kier alpha value is -7.36. The molecule has 1 aromatic heterocycles. The fourth-order valence-electron chi connectivity index (χ4n) is 8.89. The average molecular weight is 760 g/mol. The van der Waals surface area contributed by atoms with Gasteiger partial charge >= 0.3 is 0 Å². The predicted molar refractivity (Wildman–Crippen MR) is 255 cm³/mol. The van der Waals surface area contributed by atoms with Crippen molar-refractivity contribution in [2.24, 2.45) is 5.92 Å². The molecule has 1 aliphatic carbocycles. The van der Waals surface area contributed by atoms with E-state index in [1.54, 1.807) is 0 Å². The van der Waals surface area contributed by atoms with Gasteiger partial charge in [0.1, 0.15) is 0 Å². The number of anilines is 5. The zero-order chi connectivity index (χ0) is 39.9. The van der Waals surface area contributed by atoms with Gasteiger partial charge in [0, 0.05) is 50.6 Å². The maximum atomic E-state index is 4.18. The molecule has 0 amide bonds. The maximum absolute atomic E-state index is 4.18. The van der Waals surface area contributed by atoms with Crippen molar-refractivity contribution in [2.45, 2.75) is 20.3 Å². The van der Waals surface area contributed by atoms with Crippen LogP contribution in [0.15, 0.2) is 206 Å². The first-order valence-corrected chi connectivity index (χ1v) is 20.5. The van der Waals surface area contributed by atoms with Crippen LogP contribution in [0.5, 0.6) is 0 Å². The molecule has 8 aromatic carbocycles. The predicted octanol–water partition coefficient (Wildman–Crippen LogP) is 15.9. The molecule has 0 saturated heterocycles. The van der Waals surface area contributed by atoms with Crippen LogP contribution in [0, 0.1) is 5.92 Å². The van der Waals surface area contributed by atoms with Gasteiger partial charge in [0.25, 0.3) is 0 Å². The fraction of sp³-hybridized carbons (Fsp3) is 0.0714. The first-order chi connectivity index (χ1) is 29.1. The summed E-state index contributed by atoms with van der Waals surface area (Å²) in [5, 5.41) is 7.30. The van der Waals surface area contributed by atoms with E-state index in [1.807, 2.05) is 6.08 Å². The van der Waals surface area contributed by atoms with E-state index in [0.717, 1.165) is 62.7 Å². The lowest BCUT2D eigenvalue weighted by atomic mass is 9.98. The summed E-state index contributed by atoms with van der Waals surface area (Å²) in [7, 11) is 0. The molecule has 59 heavy (non-hydrogen) atoms. The third-order valence-corrected chi connectivity index (χ3v) is 11.7. The van der Waals surface area contributed by atoms with Crippen LogP contribution in [0.1, 0.15) is 31.4 Å². The number of hydrogen-bond acceptors (Lipinski definition) is 2. The summed E-state index contributed by atoms with van der Waals surface area (Å²) in [5.74, 6) is 0.441. The van der Waals surface area contributed by atoms with Crippen molar-refractivity contribution in [1.29, 1.82) is 0 Å². The topological polar surface area (TPSA) is 11.4 Å². The standard InChI is InChI=1S/C56H45N3/c1-4-14-41-23-26-48(34-40(41)5-2)57(46-20-7-6-8-21-46)51-29-31-55-53(37-51)54-38-52(30-32-56(54)59(55)50-28-25-43-17-10-12-19-45(43)36-50)58(47-22-13-15-39(3)33-47)49-27-24-42-16-9-11-18-44(42)35-49/h4-32,34-39H,2,33H2,1,3H3. The van der Waals surface area contributed by atoms with Crippen LogP contribution in [-0.2, 0) is 0 Å². The van der Waals surface area contributed by atoms with Gasteiger partial charge in [-0.2, -0.15) is 0 Å². The largest absolute Gasteiger partial charge is 0.314 e. The number of nitrogens with zero attached hydrogens (tertiary/aromatic N) is 3. The summed E-state index contributed by atoms with van der Waals surface area (Å²) in [5.41, 5.74) is 12.5. The van der Waals surface area contributed by atoms with E-state index in [4.69, 9.17) is 0 Å². The molecule has 10 rings (SSSR count). The number of aromatic nitrogens is 1. The van der Waals surface area contributed by atoms with E-state index in [1.165, 1.54) is 38.0 Å². The smallest absolute Gasteiger partial charge is 0.0542 e. The Bertz CT molecular complexity index is 3140. The van der Waals surface area contributed by atoms with Crippen LogP contribution < -0.4 is 9.80 Å². The summed E-state index contributed by atoms with van der Waals surface area (Å²) in [6.45, 7) is 8.53. The van der Waals surface area contributed by atoms with E-state index in [2.05, 4.69) is 235 Å². The molecule has 0 radical (unpaired) electrons. The molecule has 1 aliphatic rings. The van der Waals surface area contributed by atoms with Gasteiger partial charge in [-0.15, -0.1) is 0 Å². The van der Waals surface area contributed by atoms with Gasteiger partial charge < -0.3 is 14.4 Å². The number of fused-ring (bicyclic) bond motifs is 5. The van der Waals surface area contributed by atoms with Crippen LogP contribution >= 0.6 is 0 Å². The molecular weight excluding hydrogens is 715 g/mol. The summed E-state index contributed by atoms with van der Waals surface area (Å²) >= 11 is 0. The molecule has 9 aromatic rings. The lowest BCUT2D eigenvalue weighted by molar-refractivity contribution is 0.696. The first-order valence-electron chi connectivity index (χ1n) is 20.5. The Morgan fingerprint density at radius 2 is 1.12 bits per heavy atom. The second-order valence-electron chi connectivity index (χ2n) is 15.5. The molecule has 0 N–H and O–H groups in total. The molecule has 0 aliphatic heterocycles. The lowest BCUT2D eigenvalue weighted by Crippen LogP contribution is -2.19. The Morgan fingerprint density at radius 3 is 1.80 bits per heavy atom. The van der Waals surface area contributed by atoms with Crippen molar-refractivity contribution in [3.8, 4) is 5.69 Å². The molecular formula is C56H45N3. The van der Waals surface area contributed by atoms with Gasteiger partial charge in [-0.05, 0) is 143 Å². The molecule has 0 saturated carbocycles. The number of para-hydroxylation sites is 1. The molecule has 0 fully saturated rings. The van der Waals surface area contributed by atoms with Crippen LogP contribution in [0.2, 0.25) is 0 Å². The Balaban J connectivity index is 1.22. The van der Waals surface area contributed by atoms with Crippen LogP contribution in [0.3, 0.4) is 0 Å². The van der Waals surface area contributed by atoms with E-state index in [0.29, 0.717) is 5.92 Å². The number of benzene rings is 8. The SMILES string of the molecule is C=Cc1cc(N(c2ccccc2)c2ccc3c(c2)c2cc(N(C4=CC=CC(C)C4)c4ccc5ccccc5c4)ccc2n3-c2ccc3ccccc3c2)ccc1C=CC. The fourth-order valence-corrected chi connectivity index (χ4v) is 8.89. The maximum Gasteiger partial charge on any atom is 0.0542 e.